The third-order valence-electron chi connectivity index (χ3n) is 3.85. The Labute approximate surface area is 124 Å². The van der Waals surface area contributed by atoms with Gasteiger partial charge in [-0.1, -0.05) is 36.4 Å². The molecule has 2 aromatic carbocycles. The maximum atomic E-state index is 5.65. The number of rotatable bonds is 6. The molecule has 2 aliphatic heterocycles. The summed E-state index contributed by atoms with van der Waals surface area (Å²) >= 11 is 0. The van der Waals surface area contributed by atoms with Crippen LogP contribution in [0.25, 0.3) is 11.1 Å². The molecule has 2 aliphatic rings. The quantitative estimate of drug-likeness (QED) is 0.764. The van der Waals surface area contributed by atoms with Gasteiger partial charge in [0.05, 0.1) is 19.3 Å². The third-order valence-corrected chi connectivity index (χ3v) is 3.85. The molecule has 0 aromatic heterocycles. The van der Waals surface area contributed by atoms with Gasteiger partial charge >= 0.3 is 0 Å². The highest BCUT2D eigenvalue weighted by Crippen LogP contribution is 2.24. The first kappa shape index (κ1) is 12.9. The minimum absolute atomic E-state index is 0.299. The van der Waals surface area contributed by atoms with Crippen LogP contribution >= 0.6 is 0 Å². The molecule has 0 aliphatic carbocycles. The summed E-state index contributed by atoms with van der Waals surface area (Å²) in [6.45, 7) is 2.39. The molecule has 0 bridgehead atoms. The van der Waals surface area contributed by atoms with Crippen LogP contribution in [0.5, 0.6) is 5.75 Å². The average Bonchev–Trinajstić information content (AvgIpc) is 3.42. The highest BCUT2D eigenvalue weighted by molar-refractivity contribution is 5.64. The third kappa shape index (κ3) is 3.43. The smallest absolute Gasteiger partial charge is 0.119 e. The van der Waals surface area contributed by atoms with Crippen molar-refractivity contribution in [3.63, 3.8) is 0 Å². The Morgan fingerprint density at radius 1 is 0.810 bits per heavy atom. The van der Waals surface area contributed by atoms with Crippen LogP contribution in [0.4, 0.5) is 0 Å². The van der Waals surface area contributed by atoms with Gasteiger partial charge in [-0.15, -0.1) is 0 Å². The van der Waals surface area contributed by atoms with Gasteiger partial charge in [0.1, 0.15) is 18.5 Å². The van der Waals surface area contributed by atoms with Crippen LogP contribution < -0.4 is 4.74 Å². The zero-order valence-electron chi connectivity index (χ0n) is 11.8. The van der Waals surface area contributed by atoms with Gasteiger partial charge in [-0.05, 0) is 28.8 Å². The van der Waals surface area contributed by atoms with Crippen LogP contribution in [0.1, 0.15) is 5.56 Å². The van der Waals surface area contributed by atoms with Crippen molar-refractivity contribution in [2.75, 3.05) is 19.8 Å². The lowest BCUT2D eigenvalue weighted by molar-refractivity contribution is 0.263. The van der Waals surface area contributed by atoms with Gasteiger partial charge in [0.15, 0.2) is 0 Å². The molecule has 0 amide bonds. The van der Waals surface area contributed by atoms with E-state index in [9.17, 15) is 0 Å². The first-order chi connectivity index (χ1) is 10.4. The molecule has 3 heteroatoms. The minimum Gasteiger partial charge on any atom is -0.491 e. The second-order valence-corrected chi connectivity index (χ2v) is 5.65. The number of hydrogen-bond donors (Lipinski definition) is 0. The van der Waals surface area contributed by atoms with Crippen molar-refractivity contribution in [3.8, 4) is 16.9 Å². The fourth-order valence-electron chi connectivity index (χ4n) is 2.38. The van der Waals surface area contributed by atoms with Crippen molar-refractivity contribution in [2.45, 2.75) is 18.6 Å². The van der Waals surface area contributed by atoms with E-state index < -0.39 is 0 Å². The lowest BCUT2D eigenvalue weighted by Crippen LogP contribution is -2.03. The topological polar surface area (TPSA) is 34.3 Å². The Hall–Kier alpha value is -1.84. The van der Waals surface area contributed by atoms with Crippen molar-refractivity contribution >= 4 is 0 Å². The lowest BCUT2D eigenvalue weighted by atomic mass is 10.0. The molecule has 2 unspecified atom stereocenters. The van der Waals surface area contributed by atoms with Gasteiger partial charge in [-0.3, -0.25) is 0 Å². The van der Waals surface area contributed by atoms with Crippen LogP contribution in [0.2, 0.25) is 0 Å². The summed E-state index contributed by atoms with van der Waals surface area (Å²) in [5.41, 5.74) is 3.78. The number of ether oxygens (including phenoxy) is 3. The Balaban J connectivity index is 1.41. The van der Waals surface area contributed by atoms with E-state index in [2.05, 4.69) is 36.4 Å². The summed E-state index contributed by atoms with van der Waals surface area (Å²) < 4.78 is 16.0. The Morgan fingerprint density at radius 2 is 1.38 bits per heavy atom. The highest BCUT2D eigenvalue weighted by Gasteiger charge is 2.23. The van der Waals surface area contributed by atoms with Crippen molar-refractivity contribution in [3.05, 3.63) is 54.1 Å². The summed E-state index contributed by atoms with van der Waals surface area (Å²) in [5, 5.41) is 0. The van der Waals surface area contributed by atoms with E-state index in [1.54, 1.807) is 0 Å². The Morgan fingerprint density at radius 3 is 1.95 bits per heavy atom. The summed E-state index contributed by atoms with van der Waals surface area (Å²) in [6, 6.07) is 17.0. The minimum atomic E-state index is 0.299. The zero-order valence-corrected chi connectivity index (χ0v) is 11.8. The Bertz CT molecular complexity index is 595. The van der Waals surface area contributed by atoms with E-state index in [1.165, 1.54) is 16.7 Å². The zero-order chi connectivity index (χ0) is 14.1. The molecule has 2 heterocycles. The normalized spacial score (nSPS) is 22.9. The molecule has 2 fully saturated rings. The lowest BCUT2D eigenvalue weighted by Gasteiger charge is -2.07. The van der Waals surface area contributed by atoms with Crippen LogP contribution in [-0.2, 0) is 15.9 Å². The van der Waals surface area contributed by atoms with E-state index in [-0.39, 0.29) is 0 Å². The highest BCUT2D eigenvalue weighted by atomic mass is 16.6. The van der Waals surface area contributed by atoms with Crippen LogP contribution in [0.3, 0.4) is 0 Å². The number of epoxide rings is 2. The molecule has 3 nitrogen and oxygen atoms in total. The van der Waals surface area contributed by atoms with Crippen LogP contribution in [0, 0.1) is 0 Å². The van der Waals surface area contributed by atoms with Crippen LogP contribution in [-0.4, -0.2) is 32.0 Å². The molecule has 0 spiro atoms. The van der Waals surface area contributed by atoms with Gasteiger partial charge in [0.25, 0.3) is 0 Å². The van der Waals surface area contributed by atoms with E-state index >= 15 is 0 Å². The fraction of sp³-hybridized carbons (Fsp3) is 0.333. The van der Waals surface area contributed by atoms with Gasteiger partial charge in [-0.25, -0.2) is 0 Å². The monoisotopic (exact) mass is 282 g/mol. The van der Waals surface area contributed by atoms with Gasteiger partial charge in [-0.2, -0.15) is 0 Å². The molecular formula is C18H18O3. The predicted octanol–water partition coefficient (Wildman–Crippen LogP) is 3.07. The second-order valence-electron chi connectivity index (χ2n) is 5.65. The van der Waals surface area contributed by atoms with Crippen molar-refractivity contribution in [2.24, 2.45) is 0 Å². The molecule has 0 radical (unpaired) electrons. The van der Waals surface area contributed by atoms with E-state index in [0.29, 0.717) is 18.8 Å². The first-order valence-electron chi connectivity index (χ1n) is 7.42. The number of benzene rings is 2. The molecular weight excluding hydrogens is 264 g/mol. The van der Waals surface area contributed by atoms with Crippen LogP contribution in [0.15, 0.2) is 48.5 Å². The van der Waals surface area contributed by atoms with E-state index in [0.717, 1.165) is 25.4 Å². The molecule has 0 N–H and O–H groups in total. The van der Waals surface area contributed by atoms with E-state index in [1.807, 2.05) is 12.1 Å². The summed E-state index contributed by atoms with van der Waals surface area (Å²) in [4.78, 5) is 0. The standard InChI is InChI=1S/C18H18O3/c1-3-14(4-2-13(1)9-17-10-20-17)15-5-7-16(8-6-15)19-11-18-12-21-18/h1-8,17-18H,9-12H2. The maximum Gasteiger partial charge on any atom is 0.119 e. The first-order valence-corrected chi connectivity index (χ1v) is 7.42. The maximum absolute atomic E-state index is 5.65. The average molecular weight is 282 g/mol. The van der Waals surface area contributed by atoms with Crippen molar-refractivity contribution in [1.82, 2.24) is 0 Å². The molecule has 2 aromatic rings. The largest absolute Gasteiger partial charge is 0.491 e. The van der Waals surface area contributed by atoms with E-state index in [4.69, 9.17) is 14.2 Å². The molecule has 21 heavy (non-hydrogen) atoms. The molecule has 0 saturated carbocycles. The van der Waals surface area contributed by atoms with Crippen molar-refractivity contribution in [1.29, 1.82) is 0 Å². The predicted molar refractivity (Wildman–Crippen MR) is 80.6 cm³/mol. The second kappa shape index (κ2) is 5.51. The SMILES string of the molecule is c1cc(-c2ccc(OCC3CO3)cc2)ccc1CC1CO1. The molecule has 2 saturated heterocycles. The van der Waals surface area contributed by atoms with Crippen molar-refractivity contribution < 1.29 is 14.2 Å². The molecule has 2 atom stereocenters. The number of hydrogen-bond acceptors (Lipinski definition) is 3. The van der Waals surface area contributed by atoms with Gasteiger partial charge in [0.2, 0.25) is 0 Å². The van der Waals surface area contributed by atoms with Gasteiger partial charge in [0, 0.05) is 6.42 Å². The summed E-state index contributed by atoms with van der Waals surface area (Å²) in [6.07, 6.45) is 1.77. The fourth-order valence-corrected chi connectivity index (χ4v) is 2.38. The molecule has 108 valence electrons. The van der Waals surface area contributed by atoms with Gasteiger partial charge < -0.3 is 14.2 Å². The summed E-state index contributed by atoms with van der Waals surface area (Å²) in [7, 11) is 0. The summed E-state index contributed by atoms with van der Waals surface area (Å²) in [5.74, 6) is 0.900. The molecule has 4 rings (SSSR count). The Kier molecular flexibility index (Phi) is 3.37.